The molecule has 0 atom stereocenters. The Labute approximate surface area is 164 Å². The van der Waals surface area contributed by atoms with Crippen LogP contribution < -0.4 is 15.2 Å². The number of halogens is 1. The number of amides is 1. The molecule has 2 aromatic carbocycles. The highest BCUT2D eigenvalue weighted by Gasteiger charge is 2.26. The molecule has 0 aliphatic carbocycles. The molecule has 3 rings (SSSR count). The van der Waals surface area contributed by atoms with Crippen LogP contribution in [-0.4, -0.2) is 32.9 Å². The topological polar surface area (TPSA) is 123 Å². The Hall–Kier alpha value is -2.56. The highest BCUT2D eigenvalue weighted by Crippen LogP contribution is 2.27. The number of methoxy groups -OCH3 is 1. The molecule has 27 heavy (non-hydrogen) atoms. The molecule has 1 aliphatic heterocycles. The minimum atomic E-state index is -3.97. The maximum Gasteiger partial charge on any atom is 0.276 e. The maximum absolute atomic E-state index is 12.1. The van der Waals surface area contributed by atoms with E-state index in [4.69, 9.17) is 9.88 Å². The summed E-state index contributed by atoms with van der Waals surface area (Å²) >= 11 is 3.36. The van der Waals surface area contributed by atoms with Gasteiger partial charge in [0.05, 0.1) is 18.5 Å². The predicted octanol–water partition coefficient (Wildman–Crippen LogP) is 2.27. The molecule has 2 aromatic rings. The molecule has 0 radical (unpaired) electrons. The highest BCUT2D eigenvalue weighted by molar-refractivity contribution is 9.10. The fraction of sp³-hybridized carbons (Fsp3) is 0.118. The summed E-state index contributed by atoms with van der Waals surface area (Å²) in [5.74, 6) is -0.228. The number of nitrogens with one attached hydrogen (secondary N) is 1. The van der Waals surface area contributed by atoms with Crippen LogP contribution in [0.2, 0.25) is 0 Å². The molecule has 1 amide bonds. The molecule has 1 aliphatic rings. The lowest BCUT2D eigenvalue weighted by Gasteiger charge is -2.08. The summed E-state index contributed by atoms with van der Waals surface area (Å²) in [4.78, 5) is 12.0. The van der Waals surface area contributed by atoms with E-state index >= 15 is 0 Å². The van der Waals surface area contributed by atoms with E-state index in [1.807, 2.05) is 6.07 Å². The van der Waals surface area contributed by atoms with Crippen molar-refractivity contribution >= 4 is 49.0 Å². The monoisotopic (exact) mass is 450 g/mol. The SMILES string of the molecule is COc1ccc(/C(C)=N/N=C2C(=O)Nc3ccc(Br)cc32)cc1S(N)(=O)=O. The third kappa shape index (κ3) is 3.92. The van der Waals surface area contributed by atoms with Gasteiger partial charge in [-0.1, -0.05) is 15.9 Å². The molecule has 0 unspecified atom stereocenters. The smallest absolute Gasteiger partial charge is 0.276 e. The van der Waals surface area contributed by atoms with Gasteiger partial charge in [0.25, 0.3) is 5.91 Å². The lowest BCUT2D eigenvalue weighted by atomic mass is 10.1. The second kappa shape index (κ2) is 7.22. The summed E-state index contributed by atoms with van der Waals surface area (Å²) in [6.45, 7) is 1.65. The number of primary sulfonamides is 1. The lowest BCUT2D eigenvalue weighted by Crippen LogP contribution is -2.15. The number of benzene rings is 2. The minimum Gasteiger partial charge on any atom is -0.495 e. The zero-order valence-electron chi connectivity index (χ0n) is 14.4. The summed E-state index contributed by atoms with van der Waals surface area (Å²) in [5, 5.41) is 16.1. The summed E-state index contributed by atoms with van der Waals surface area (Å²) in [6.07, 6.45) is 0. The van der Waals surface area contributed by atoms with Gasteiger partial charge >= 0.3 is 0 Å². The highest BCUT2D eigenvalue weighted by atomic mass is 79.9. The standard InChI is InChI=1S/C17H15BrN4O4S/c1-9(10-3-6-14(26-2)15(7-10)27(19,24)25)21-22-16-12-8-11(18)4-5-13(12)20-17(16)23/h3-8H,1-2H3,(H2,19,24,25)(H,20,22,23)/b21-9+. The first-order valence-electron chi connectivity index (χ1n) is 7.65. The van der Waals surface area contributed by atoms with Crippen LogP contribution in [0.3, 0.4) is 0 Å². The average Bonchev–Trinajstić information content (AvgIpc) is 2.92. The first kappa shape index (κ1) is 19.2. The number of sulfonamides is 1. The number of hydrogen-bond acceptors (Lipinski definition) is 6. The Morgan fingerprint density at radius 2 is 1.96 bits per heavy atom. The van der Waals surface area contributed by atoms with Gasteiger partial charge in [0.15, 0.2) is 5.71 Å². The fourth-order valence-corrected chi connectivity index (χ4v) is 3.62. The third-order valence-electron chi connectivity index (χ3n) is 3.89. The quantitative estimate of drug-likeness (QED) is 0.547. The molecule has 140 valence electrons. The van der Waals surface area contributed by atoms with Gasteiger partial charge in [0, 0.05) is 10.0 Å². The molecule has 0 spiro atoms. The molecule has 0 aromatic heterocycles. The molecule has 0 bridgehead atoms. The Kier molecular flexibility index (Phi) is 5.13. The van der Waals surface area contributed by atoms with Crippen molar-refractivity contribution in [1.82, 2.24) is 0 Å². The van der Waals surface area contributed by atoms with Crippen molar-refractivity contribution in [3.05, 3.63) is 52.0 Å². The molecule has 10 heteroatoms. The molecular formula is C17H15BrN4O4S. The van der Waals surface area contributed by atoms with E-state index < -0.39 is 10.0 Å². The number of nitrogens with zero attached hydrogens (tertiary/aromatic N) is 2. The summed E-state index contributed by atoms with van der Waals surface area (Å²) in [6, 6.07) is 9.80. The largest absolute Gasteiger partial charge is 0.495 e. The number of carbonyl (C=O) groups excluding carboxylic acids is 1. The predicted molar refractivity (Wildman–Crippen MR) is 106 cm³/mol. The fourth-order valence-electron chi connectivity index (χ4n) is 2.53. The second-order valence-electron chi connectivity index (χ2n) is 5.69. The Bertz CT molecular complexity index is 1110. The first-order valence-corrected chi connectivity index (χ1v) is 9.99. The molecule has 1 heterocycles. The molecule has 3 N–H and O–H groups in total. The van der Waals surface area contributed by atoms with Crippen LogP contribution in [0, 0.1) is 0 Å². The number of nitrogens with two attached hydrogens (primary N) is 1. The van der Waals surface area contributed by atoms with Gasteiger partial charge in [-0.15, -0.1) is 5.10 Å². The van der Waals surface area contributed by atoms with E-state index in [1.165, 1.54) is 19.2 Å². The van der Waals surface area contributed by atoms with E-state index in [0.29, 0.717) is 22.5 Å². The molecule has 0 fully saturated rings. The Morgan fingerprint density at radius 3 is 2.63 bits per heavy atom. The molecule has 0 saturated heterocycles. The number of fused-ring (bicyclic) bond motifs is 1. The number of ether oxygens (including phenoxy) is 1. The van der Waals surface area contributed by atoms with Crippen molar-refractivity contribution in [2.75, 3.05) is 12.4 Å². The van der Waals surface area contributed by atoms with E-state index in [2.05, 4.69) is 31.4 Å². The average molecular weight is 451 g/mol. The zero-order chi connectivity index (χ0) is 19.8. The third-order valence-corrected chi connectivity index (χ3v) is 5.31. The Morgan fingerprint density at radius 1 is 1.22 bits per heavy atom. The van der Waals surface area contributed by atoms with Gasteiger partial charge in [0.2, 0.25) is 10.0 Å². The van der Waals surface area contributed by atoms with Gasteiger partial charge < -0.3 is 10.1 Å². The summed E-state index contributed by atoms with van der Waals surface area (Å²) in [7, 11) is -2.62. The number of rotatable bonds is 4. The van der Waals surface area contributed by atoms with E-state index in [0.717, 1.165) is 4.47 Å². The summed E-state index contributed by atoms with van der Waals surface area (Å²) in [5.41, 5.74) is 2.34. The lowest BCUT2D eigenvalue weighted by molar-refractivity contribution is -0.110. The van der Waals surface area contributed by atoms with E-state index in [1.54, 1.807) is 25.1 Å². The normalized spacial score (nSPS) is 15.6. The van der Waals surface area contributed by atoms with Gasteiger partial charge in [-0.3, -0.25) is 4.79 Å². The number of hydrogen-bond donors (Lipinski definition) is 2. The van der Waals surface area contributed by atoms with Crippen LogP contribution in [0.1, 0.15) is 18.1 Å². The van der Waals surface area contributed by atoms with Crippen molar-refractivity contribution in [3.63, 3.8) is 0 Å². The van der Waals surface area contributed by atoms with Crippen molar-refractivity contribution in [2.24, 2.45) is 15.3 Å². The van der Waals surface area contributed by atoms with Crippen LogP contribution in [0.15, 0.2) is 56.0 Å². The number of carbonyl (C=O) groups is 1. The minimum absolute atomic E-state index is 0.134. The van der Waals surface area contributed by atoms with Gasteiger partial charge in [-0.25, -0.2) is 13.6 Å². The second-order valence-corrected chi connectivity index (χ2v) is 8.13. The maximum atomic E-state index is 12.1. The van der Waals surface area contributed by atoms with Crippen LogP contribution >= 0.6 is 15.9 Å². The summed E-state index contributed by atoms with van der Waals surface area (Å²) < 4.78 is 29.3. The number of anilines is 1. The van der Waals surface area contributed by atoms with E-state index in [-0.39, 0.29) is 22.3 Å². The van der Waals surface area contributed by atoms with Crippen molar-refractivity contribution in [1.29, 1.82) is 0 Å². The van der Waals surface area contributed by atoms with Crippen molar-refractivity contribution in [3.8, 4) is 5.75 Å². The van der Waals surface area contributed by atoms with Gasteiger partial charge in [-0.2, -0.15) is 5.10 Å². The van der Waals surface area contributed by atoms with Gasteiger partial charge in [0.1, 0.15) is 10.6 Å². The molecule has 0 saturated carbocycles. The molecule has 8 nitrogen and oxygen atoms in total. The van der Waals surface area contributed by atoms with Crippen molar-refractivity contribution < 1.29 is 17.9 Å². The first-order chi connectivity index (χ1) is 12.7. The van der Waals surface area contributed by atoms with Crippen LogP contribution in [0.25, 0.3) is 0 Å². The van der Waals surface area contributed by atoms with Crippen LogP contribution in [-0.2, 0) is 14.8 Å². The van der Waals surface area contributed by atoms with Gasteiger partial charge in [-0.05, 0) is 48.9 Å². The van der Waals surface area contributed by atoms with Crippen molar-refractivity contribution in [2.45, 2.75) is 11.8 Å². The molecular weight excluding hydrogens is 436 g/mol. The van der Waals surface area contributed by atoms with E-state index in [9.17, 15) is 13.2 Å². The zero-order valence-corrected chi connectivity index (χ0v) is 16.8. The Balaban J connectivity index is 2.01. The van der Waals surface area contributed by atoms with Crippen LogP contribution in [0.4, 0.5) is 5.69 Å². The van der Waals surface area contributed by atoms with Crippen LogP contribution in [0.5, 0.6) is 5.75 Å².